The molecule has 0 aliphatic rings. The molecule has 0 atom stereocenters. The first-order chi connectivity index (χ1) is 6.60. The first-order valence-corrected chi connectivity index (χ1v) is 4.07. The highest BCUT2D eigenvalue weighted by atomic mass is 16.4. The van der Waals surface area contributed by atoms with Crippen molar-refractivity contribution in [1.82, 2.24) is 0 Å². The fraction of sp³-hybridized carbons (Fsp3) is 0.200. The van der Waals surface area contributed by atoms with E-state index in [0.29, 0.717) is 16.7 Å². The van der Waals surface area contributed by atoms with E-state index in [9.17, 15) is 4.79 Å². The molecule has 0 aliphatic carbocycles. The van der Waals surface area contributed by atoms with E-state index < -0.39 is 5.97 Å². The van der Waals surface area contributed by atoms with Gasteiger partial charge in [0, 0.05) is 6.54 Å². The lowest BCUT2D eigenvalue weighted by Gasteiger charge is -2.07. The number of rotatable bonds is 2. The van der Waals surface area contributed by atoms with Crippen LogP contribution in [0.2, 0.25) is 0 Å². The average molecular weight is 190 g/mol. The minimum atomic E-state index is -1.01. The molecule has 4 nitrogen and oxygen atoms in total. The zero-order valence-corrected chi connectivity index (χ0v) is 7.74. The Labute approximate surface area is 81.6 Å². The van der Waals surface area contributed by atoms with Crippen molar-refractivity contribution in [2.24, 2.45) is 5.73 Å². The molecule has 14 heavy (non-hydrogen) atoms. The summed E-state index contributed by atoms with van der Waals surface area (Å²) >= 11 is 0. The predicted octanol–water partition coefficient (Wildman–Crippen LogP) is 1.02. The molecule has 0 saturated heterocycles. The van der Waals surface area contributed by atoms with Crippen molar-refractivity contribution in [2.45, 2.75) is 13.5 Å². The number of nitrogens with zero attached hydrogens (tertiary/aromatic N) is 1. The monoisotopic (exact) mass is 190 g/mol. The van der Waals surface area contributed by atoms with Crippen LogP contribution in [0.25, 0.3) is 0 Å². The van der Waals surface area contributed by atoms with Gasteiger partial charge in [-0.05, 0) is 30.2 Å². The summed E-state index contributed by atoms with van der Waals surface area (Å²) in [4.78, 5) is 10.9. The van der Waals surface area contributed by atoms with Crippen LogP contribution in [-0.2, 0) is 6.54 Å². The largest absolute Gasteiger partial charge is 0.478 e. The highest BCUT2D eigenvalue weighted by Crippen LogP contribution is 2.16. The van der Waals surface area contributed by atoms with Gasteiger partial charge in [0.25, 0.3) is 0 Å². The van der Waals surface area contributed by atoms with Gasteiger partial charge >= 0.3 is 5.97 Å². The summed E-state index contributed by atoms with van der Waals surface area (Å²) in [5, 5.41) is 17.6. The topological polar surface area (TPSA) is 87.1 Å². The van der Waals surface area contributed by atoms with Gasteiger partial charge in [-0.3, -0.25) is 0 Å². The lowest BCUT2D eigenvalue weighted by molar-refractivity contribution is 0.0695. The maximum Gasteiger partial charge on any atom is 0.336 e. The summed E-state index contributed by atoms with van der Waals surface area (Å²) in [6, 6.07) is 5.01. The van der Waals surface area contributed by atoms with Crippen LogP contribution in [-0.4, -0.2) is 11.1 Å². The predicted molar refractivity (Wildman–Crippen MR) is 50.7 cm³/mol. The van der Waals surface area contributed by atoms with Crippen LogP contribution in [0.1, 0.15) is 27.0 Å². The van der Waals surface area contributed by atoms with Crippen molar-refractivity contribution in [3.05, 3.63) is 34.4 Å². The Balaban J connectivity index is 3.44. The quantitative estimate of drug-likeness (QED) is 0.728. The van der Waals surface area contributed by atoms with Gasteiger partial charge in [0.2, 0.25) is 0 Å². The van der Waals surface area contributed by atoms with Crippen molar-refractivity contribution in [1.29, 1.82) is 5.26 Å². The molecule has 1 aromatic carbocycles. The molecule has 0 amide bonds. The second kappa shape index (κ2) is 3.90. The molecule has 0 aliphatic heterocycles. The molecule has 0 radical (unpaired) electrons. The minimum absolute atomic E-state index is 0.123. The number of hydrogen-bond acceptors (Lipinski definition) is 3. The fourth-order valence-electron chi connectivity index (χ4n) is 1.39. The third kappa shape index (κ3) is 1.73. The van der Waals surface area contributed by atoms with Gasteiger partial charge in [0.1, 0.15) is 0 Å². The van der Waals surface area contributed by atoms with Crippen LogP contribution < -0.4 is 5.73 Å². The third-order valence-corrected chi connectivity index (χ3v) is 1.98. The number of aromatic carboxylic acids is 1. The van der Waals surface area contributed by atoms with Crippen molar-refractivity contribution in [3.8, 4) is 6.07 Å². The zero-order chi connectivity index (χ0) is 10.7. The Kier molecular flexibility index (Phi) is 2.85. The number of carboxylic acid groups (broad SMARTS) is 1. The van der Waals surface area contributed by atoms with Crippen molar-refractivity contribution >= 4 is 5.97 Å². The SMILES string of the molecule is Cc1cc(C#N)cc(CN)c1C(=O)O. The summed E-state index contributed by atoms with van der Waals surface area (Å²) in [6.45, 7) is 1.78. The highest BCUT2D eigenvalue weighted by Gasteiger charge is 2.13. The molecule has 1 aromatic rings. The Hall–Kier alpha value is -1.86. The summed E-state index contributed by atoms with van der Waals surface area (Å²) in [5.41, 5.74) is 7.11. The molecule has 4 heteroatoms. The summed E-state index contributed by atoms with van der Waals surface area (Å²) in [5.74, 6) is -1.01. The molecular weight excluding hydrogens is 180 g/mol. The van der Waals surface area contributed by atoms with Gasteiger partial charge in [-0.25, -0.2) is 4.79 Å². The van der Waals surface area contributed by atoms with Crippen molar-refractivity contribution < 1.29 is 9.90 Å². The summed E-state index contributed by atoms with van der Waals surface area (Å²) < 4.78 is 0. The summed E-state index contributed by atoms with van der Waals surface area (Å²) in [6.07, 6.45) is 0. The van der Waals surface area contributed by atoms with Gasteiger partial charge < -0.3 is 10.8 Å². The van der Waals surface area contributed by atoms with Gasteiger partial charge in [-0.15, -0.1) is 0 Å². The lowest BCUT2D eigenvalue weighted by Crippen LogP contribution is -2.09. The second-order valence-electron chi connectivity index (χ2n) is 2.95. The Morgan fingerprint density at radius 1 is 1.64 bits per heavy atom. The van der Waals surface area contributed by atoms with Gasteiger partial charge in [-0.2, -0.15) is 5.26 Å². The second-order valence-corrected chi connectivity index (χ2v) is 2.95. The maximum absolute atomic E-state index is 10.9. The maximum atomic E-state index is 10.9. The van der Waals surface area contributed by atoms with Gasteiger partial charge in [-0.1, -0.05) is 0 Å². The van der Waals surface area contributed by atoms with E-state index in [1.165, 1.54) is 6.07 Å². The summed E-state index contributed by atoms with van der Waals surface area (Å²) in [7, 11) is 0. The van der Waals surface area contributed by atoms with Gasteiger partial charge in [0.05, 0.1) is 17.2 Å². The Morgan fingerprint density at radius 3 is 2.71 bits per heavy atom. The molecule has 0 spiro atoms. The highest BCUT2D eigenvalue weighted by molar-refractivity contribution is 5.91. The number of aryl methyl sites for hydroxylation is 1. The number of carbonyl (C=O) groups is 1. The molecule has 0 unspecified atom stereocenters. The van der Waals surface area contributed by atoms with Crippen LogP contribution in [0, 0.1) is 18.3 Å². The van der Waals surface area contributed by atoms with Crippen LogP contribution in [0.3, 0.4) is 0 Å². The molecular formula is C10H10N2O2. The fourth-order valence-corrected chi connectivity index (χ4v) is 1.39. The molecule has 0 bridgehead atoms. The Bertz CT molecular complexity index is 419. The molecule has 3 N–H and O–H groups in total. The van der Waals surface area contributed by atoms with Crippen LogP contribution in [0.15, 0.2) is 12.1 Å². The third-order valence-electron chi connectivity index (χ3n) is 1.98. The van der Waals surface area contributed by atoms with Crippen molar-refractivity contribution in [3.63, 3.8) is 0 Å². The minimum Gasteiger partial charge on any atom is -0.478 e. The number of hydrogen-bond donors (Lipinski definition) is 2. The number of benzene rings is 1. The van der Waals surface area contributed by atoms with Crippen LogP contribution in [0.5, 0.6) is 0 Å². The van der Waals surface area contributed by atoms with Crippen LogP contribution in [0.4, 0.5) is 0 Å². The number of nitrogens with two attached hydrogens (primary N) is 1. The van der Waals surface area contributed by atoms with E-state index >= 15 is 0 Å². The molecule has 0 saturated carbocycles. The van der Waals surface area contributed by atoms with E-state index in [1.807, 2.05) is 6.07 Å². The van der Waals surface area contributed by atoms with E-state index in [2.05, 4.69) is 0 Å². The van der Waals surface area contributed by atoms with Crippen molar-refractivity contribution in [2.75, 3.05) is 0 Å². The van der Waals surface area contributed by atoms with E-state index in [1.54, 1.807) is 13.0 Å². The molecule has 0 fully saturated rings. The molecule has 72 valence electrons. The first kappa shape index (κ1) is 10.2. The standard InChI is InChI=1S/C10H10N2O2/c1-6-2-7(4-11)3-8(5-12)9(6)10(13)14/h2-3H,5,12H2,1H3,(H,13,14). The van der Waals surface area contributed by atoms with Crippen LogP contribution >= 0.6 is 0 Å². The lowest BCUT2D eigenvalue weighted by atomic mass is 9.99. The molecule has 0 aromatic heterocycles. The number of carboxylic acids is 1. The average Bonchev–Trinajstić information content (AvgIpc) is 2.15. The number of nitriles is 1. The Morgan fingerprint density at radius 2 is 2.29 bits per heavy atom. The van der Waals surface area contributed by atoms with Gasteiger partial charge in [0.15, 0.2) is 0 Å². The van der Waals surface area contributed by atoms with E-state index in [0.717, 1.165) is 0 Å². The first-order valence-electron chi connectivity index (χ1n) is 4.07. The van der Waals surface area contributed by atoms with E-state index in [4.69, 9.17) is 16.1 Å². The zero-order valence-electron chi connectivity index (χ0n) is 7.74. The molecule has 0 heterocycles. The van der Waals surface area contributed by atoms with E-state index in [-0.39, 0.29) is 12.1 Å². The smallest absolute Gasteiger partial charge is 0.336 e. The normalized spacial score (nSPS) is 9.50. The molecule has 1 rings (SSSR count).